The maximum atomic E-state index is 14.6. The van der Waals surface area contributed by atoms with Crippen molar-refractivity contribution in [2.75, 3.05) is 24.7 Å². The molecule has 40 heavy (non-hydrogen) atoms. The van der Waals surface area contributed by atoms with Crippen molar-refractivity contribution in [1.82, 2.24) is 4.90 Å². The van der Waals surface area contributed by atoms with E-state index in [1.54, 1.807) is 35.2 Å². The standard InChI is InChI=1S/C31H33ClN2O6/c1-3-16-33(22-12-10-21(32)11-13-22)29(37)27-31-15-14-24(40-31)25(30(38)39-17-4-2)26(31)28(36)34(27)23(19-35)18-20-8-6-5-7-9-20/h3-13,23-27,35H,1-2,14-19H2/t23-,24+,25-,26+,27?,31?/m1/s1. The predicted molar refractivity (Wildman–Crippen MR) is 151 cm³/mol. The lowest BCUT2D eigenvalue weighted by molar-refractivity contribution is -0.154. The zero-order valence-electron chi connectivity index (χ0n) is 22.2. The van der Waals surface area contributed by atoms with E-state index in [0.29, 0.717) is 30.0 Å². The third kappa shape index (κ3) is 4.74. The summed E-state index contributed by atoms with van der Waals surface area (Å²) in [5, 5.41) is 11.1. The molecule has 3 aliphatic heterocycles. The van der Waals surface area contributed by atoms with E-state index in [0.717, 1.165) is 5.56 Å². The minimum atomic E-state index is -1.23. The van der Waals surface area contributed by atoms with Gasteiger partial charge in [0.05, 0.1) is 30.6 Å². The summed E-state index contributed by atoms with van der Waals surface area (Å²) in [7, 11) is 0. The molecular formula is C31H33ClN2O6. The topological polar surface area (TPSA) is 96.4 Å². The zero-order chi connectivity index (χ0) is 28.4. The molecule has 1 spiro atoms. The molecule has 210 valence electrons. The highest BCUT2D eigenvalue weighted by Crippen LogP contribution is 2.59. The second-order valence-corrected chi connectivity index (χ2v) is 10.9. The molecule has 0 aliphatic carbocycles. The van der Waals surface area contributed by atoms with Gasteiger partial charge in [0, 0.05) is 17.3 Å². The quantitative estimate of drug-likeness (QED) is 0.331. The van der Waals surface area contributed by atoms with E-state index in [9.17, 15) is 19.5 Å². The molecule has 2 amide bonds. The first-order chi connectivity index (χ1) is 19.4. The molecule has 5 rings (SSSR count). The van der Waals surface area contributed by atoms with Gasteiger partial charge in [-0.3, -0.25) is 14.4 Å². The molecule has 3 heterocycles. The van der Waals surface area contributed by atoms with Crippen LogP contribution in [0.15, 0.2) is 79.9 Å². The molecular weight excluding hydrogens is 532 g/mol. The fourth-order valence-electron chi connectivity index (χ4n) is 6.63. The second-order valence-electron chi connectivity index (χ2n) is 10.5. The number of benzene rings is 2. The first-order valence-electron chi connectivity index (χ1n) is 13.5. The summed E-state index contributed by atoms with van der Waals surface area (Å²) in [5.41, 5.74) is 0.259. The average Bonchev–Trinajstić information content (AvgIpc) is 3.61. The van der Waals surface area contributed by atoms with Gasteiger partial charge in [0.15, 0.2) is 0 Å². The number of fused-ring (bicyclic) bond motifs is 1. The highest BCUT2D eigenvalue weighted by Gasteiger charge is 2.75. The number of halogens is 1. The predicted octanol–water partition coefficient (Wildman–Crippen LogP) is 3.57. The summed E-state index contributed by atoms with van der Waals surface area (Å²) in [4.78, 5) is 45.1. The lowest BCUT2D eigenvalue weighted by Crippen LogP contribution is -2.59. The van der Waals surface area contributed by atoms with Gasteiger partial charge in [0.1, 0.15) is 18.2 Å². The van der Waals surface area contributed by atoms with Gasteiger partial charge in [-0.15, -0.1) is 6.58 Å². The smallest absolute Gasteiger partial charge is 0.312 e. The van der Waals surface area contributed by atoms with Gasteiger partial charge in [-0.2, -0.15) is 0 Å². The number of hydrogen-bond acceptors (Lipinski definition) is 6. The Balaban J connectivity index is 1.59. The van der Waals surface area contributed by atoms with Crippen molar-refractivity contribution in [2.24, 2.45) is 11.8 Å². The molecule has 6 atom stereocenters. The summed E-state index contributed by atoms with van der Waals surface area (Å²) in [5.74, 6) is -3.04. The van der Waals surface area contributed by atoms with Gasteiger partial charge in [-0.25, -0.2) is 0 Å². The van der Waals surface area contributed by atoms with E-state index in [1.165, 1.54) is 11.0 Å². The third-order valence-corrected chi connectivity index (χ3v) is 8.47. The van der Waals surface area contributed by atoms with Crippen molar-refractivity contribution in [1.29, 1.82) is 0 Å². The zero-order valence-corrected chi connectivity index (χ0v) is 22.9. The number of aliphatic hydroxyl groups is 1. The number of anilines is 1. The van der Waals surface area contributed by atoms with Crippen LogP contribution in [0, 0.1) is 11.8 Å². The number of carbonyl (C=O) groups is 3. The number of aliphatic hydroxyl groups excluding tert-OH is 1. The Morgan fingerprint density at radius 2 is 1.90 bits per heavy atom. The van der Waals surface area contributed by atoms with Crippen LogP contribution in [-0.2, 0) is 30.3 Å². The molecule has 2 unspecified atom stereocenters. The Hall–Kier alpha value is -3.46. The molecule has 3 saturated heterocycles. The summed E-state index contributed by atoms with van der Waals surface area (Å²) in [6.07, 6.45) is 3.82. The SMILES string of the molecule is C=CCOC(=O)[C@@H]1[C@@H]2CCC3(O2)C(C(=O)N(CC=C)c2ccc(Cl)cc2)N([C@@H](CO)Cc2ccccc2)C(=O)[C@H]13. The summed E-state index contributed by atoms with van der Waals surface area (Å²) in [6.45, 7) is 7.25. The molecule has 2 aromatic rings. The van der Waals surface area contributed by atoms with Gasteiger partial charge in [0.25, 0.3) is 5.91 Å². The number of rotatable bonds is 11. The highest BCUT2D eigenvalue weighted by molar-refractivity contribution is 6.30. The number of amides is 2. The largest absolute Gasteiger partial charge is 0.461 e. The molecule has 2 aromatic carbocycles. The van der Waals surface area contributed by atoms with Crippen molar-refractivity contribution < 1.29 is 29.0 Å². The van der Waals surface area contributed by atoms with Crippen LogP contribution in [0.4, 0.5) is 5.69 Å². The van der Waals surface area contributed by atoms with Crippen LogP contribution in [0.3, 0.4) is 0 Å². The van der Waals surface area contributed by atoms with Crippen LogP contribution >= 0.6 is 11.6 Å². The summed E-state index contributed by atoms with van der Waals surface area (Å²) >= 11 is 6.11. The molecule has 9 heteroatoms. The Labute approximate surface area is 238 Å². The van der Waals surface area contributed by atoms with Crippen molar-refractivity contribution in [2.45, 2.75) is 43.1 Å². The normalized spacial score (nSPS) is 27.2. The number of ether oxygens (including phenoxy) is 2. The number of carbonyl (C=O) groups excluding carboxylic acids is 3. The van der Waals surface area contributed by atoms with Crippen molar-refractivity contribution in [3.05, 3.63) is 90.5 Å². The van der Waals surface area contributed by atoms with Crippen LogP contribution in [0.2, 0.25) is 5.02 Å². The minimum Gasteiger partial charge on any atom is -0.461 e. The van der Waals surface area contributed by atoms with Gasteiger partial charge >= 0.3 is 5.97 Å². The average molecular weight is 565 g/mol. The summed E-state index contributed by atoms with van der Waals surface area (Å²) in [6, 6.07) is 14.5. The molecule has 0 aromatic heterocycles. The Morgan fingerprint density at radius 3 is 2.55 bits per heavy atom. The number of esters is 1. The Morgan fingerprint density at radius 1 is 1.18 bits per heavy atom. The van der Waals surface area contributed by atoms with E-state index in [-0.39, 0.29) is 31.6 Å². The van der Waals surface area contributed by atoms with Crippen molar-refractivity contribution >= 4 is 35.1 Å². The van der Waals surface area contributed by atoms with Crippen molar-refractivity contribution in [3.8, 4) is 0 Å². The van der Waals surface area contributed by atoms with Gasteiger partial charge in [0.2, 0.25) is 5.91 Å². The van der Waals surface area contributed by atoms with E-state index in [4.69, 9.17) is 21.1 Å². The van der Waals surface area contributed by atoms with Gasteiger partial charge in [-0.1, -0.05) is 60.7 Å². The van der Waals surface area contributed by atoms with E-state index < -0.39 is 41.6 Å². The number of hydrogen-bond donors (Lipinski definition) is 1. The maximum Gasteiger partial charge on any atom is 0.312 e. The first-order valence-corrected chi connectivity index (χ1v) is 13.8. The Kier molecular flexibility index (Phi) is 8.12. The van der Waals surface area contributed by atoms with Crippen LogP contribution in [0.25, 0.3) is 0 Å². The molecule has 8 nitrogen and oxygen atoms in total. The molecule has 1 N–H and O–H groups in total. The Bertz CT molecular complexity index is 1280. The molecule has 0 radical (unpaired) electrons. The minimum absolute atomic E-state index is 0.0129. The second kappa shape index (κ2) is 11.6. The monoisotopic (exact) mass is 564 g/mol. The molecule has 2 bridgehead atoms. The van der Waals surface area contributed by atoms with Crippen LogP contribution < -0.4 is 4.90 Å². The van der Waals surface area contributed by atoms with Crippen LogP contribution in [0.5, 0.6) is 0 Å². The highest BCUT2D eigenvalue weighted by atomic mass is 35.5. The lowest BCUT2D eigenvalue weighted by atomic mass is 9.70. The lowest BCUT2D eigenvalue weighted by Gasteiger charge is -2.39. The first kappa shape index (κ1) is 28.1. The summed E-state index contributed by atoms with van der Waals surface area (Å²) < 4.78 is 11.9. The fourth-order valence-corrected chi connectivity index (χ4v) is 6.75. The molecule has 3 fully saturated rings. The number of nitrogens with zero attached hydrogens (tertiary/aromatic N) is 2. The van der Waals surface area contributed by atoms with Crippen molar-refractivity contribution in [3.63, 3.8) is 0 Å². The molecule has 3 aliphatic rings. The van der Waals surface area contributed by atoms with E-state index in [2.05, 4.69) is 13.2 Å². The molecule has 0 saturated carbocycles. The fraction of sp³-hybridized carbons (Fsp3) is 0.387. The van der Waals surface area contributed by atoms with Crippen LogP contribution in [0.1, 0.15) is 18.4 Å². The third-order valence-electron chi connectivity index (χ3n) is 8.22. The maximum absolute atomic E-state index is 14.6. The van der Waals surface area contributed by atoms with E-state index >= 15 is 0 Å². The van der Waals surface area contributed by atoms with E-state index in [1.807, 2.05) is 30.3 Å². The van der Waals surface area contributed by atoms with Crippen LogP contribution in [-0.4, -0.2) is 71.3 Å². The number of likely N-dealkylation sites (tertiary alicyclic amines) is 1. The van der Waals surface area contributed by atoms with Gasteiger partial charge < -0.3 is 24.4 Å². The van der Waals surface area contributed by atoms with Gasteiger partial charge in [-0.05, 0) is 49.1 Å².